The Morgan fingerprint density at radius 3 is 2.47 bits per heavy atom. The van der Waals surface area contributed by atoms with Gasteiger partial charge in [-0.3, -0.25) is 14.9 Å². The Morgan fingerprint density at radius 2 is 2.20 bits per heavy atom. The number of alkyl halides is 1. The molecule has 82 valence electrons. The van der Waals surface area contributed by atoms with Crippen molar-refractivity contribution in [1.82, 2.24) is 4.98 Å². The van der Waals surface area contributed by atoms with Crippen LogP contribution in [0.15, 0.2) is 18.3 Å². The summed E-state index contributed by atoms with van der Waals surface area (Å²) >= 11 is 4.74. The van der Waals surface area contributed by atoms with E-state index < -0.39 is 10.9 Å². The second kappa shape index (κ2) is 6.55. The number of carboxylic acid groups (broad SMARTS) is 1. The van der Waals surface area contributed by atoms with Gasteiger partial charge in [0, 0.05) is 6.07 Å². The predicted molar refractivity (Wildman–Crippen MR) is 53.7 cm³/mol. The number of aliphatic carboxylic acids is 1. The fourth-order valence-electron chi connectivity index (χ4n) is 0.505. The second-order valence-corrected chi connectivity index (χ2v) is 2.49. The van der Waals surface area contributed by atoms with Gasteiger partial charge >= 0.3 is 5.97 Å². The summed E-state index contributed by atoms with van der Waals surface area (Å²) < 4.78 is 0. The molecule has 15 heavy (non-hydrogen) atoms. The molecule has 0 aliphatic carbocycles. The summed E-state index contributed by atoms with van der Waals surface area (Å²) in [6, 6.07) is 2.69. The van der Waals surface area contributed by atoms with Crippen LogP contribution in [0.25, 0.3) is 0 Å². The van der Waals surface area contributed by atoms with E-state index in [1.807, 2.05) is 0 Å². The first-order valence-corrected chi connectivity index (χ1v) is 4.14. The van der Waals surface area contributed by atoms with E-state index in [1.165, 1.54) is 12.1 Å². The highest BCUT2D eigenvalue weighted by atomic mass is 35.5. The number of hydrogen-bond acceptors (Lipinski definition) is 5. The van der Waals surface area contributed by atoms with Gasteiger partial charge in [0.05, 0.1) is 4.92 Å². The van der Waals surface area contributed by atoms with E-state index in [9.17, 15) is 14.9 Å². The molecule has 1 aromatic heterocycles. The third kappa shape index (κ3) is 6.22. The molecule has 0 amide bonds. The maximum absolute atomic E-state index is 10.0. The number of hydrogen-bond donors (Lipinski definition) is 2. The van der Waals surface area contributed by atoms with E-state index in [2.05, 4.69) is 4.98 Å². The average molecular weight is 234 g/mol. The van der Waals surface area contributed by atoms with Crippen molar-refractivity contribution in [1.29, 1.82) is 0 Å². The minimum Gasteiger partial charge on any atom is -0.480 e. The number of nitrogens with two attached hydrogens (primary N) is 1. The number of carbonyl (C=O) groups is 1. The van der Waals surface area contributed by atoms with Crippen molar-refractivity contribution in [3.05, 3.63) is 28.4 Å². The van der Waals surface area contributed by atoms with Gasteiger partial charge in [0.15, 0.2) is 0 Å². The molecular weight excluding hydrogens is 226 g/mol. The molecule has 0 radical (unpaired) electrons. The minimum absolute atomic E-state index is 0.0470. The van der Waals surface area contributed by atoms with Gasteiger partial charge in [-0.15, -0.1) is 11.6 Å². The standard InChI is InChI=1S/C5H5N3O2.C2H3ClO2/c6-5-2-1-4(3-7-5)8(9)10;3-1-2(4)5/h1-3H,(H2,6,7);1H2,(H,4,5). The van der Waals surface area contributed by atoms with Crippen LogP contribution in [0.2, 0.25) is 0 Å². The fraction of sp³-hybridized carbons (Fsp3) is 0.143. The SMILES string of the molecule is Nc1ccc([N+](=O)[O-])cn1.O=C(O)CCl. The van der Waals surface area contributed by atoms with E-state index in [-0.39, 0.29) is 17.4 Å². The molecule has 0 bridgehead atoms. The zero-order chi connectivity index (χ0) is 11.8. The van der Waals surface area contributed by atoms with Crippen LogP contribution in [0.4, 0.5) is 11.5 Å². The first kappa shape index (κ1) is 13.1. The largest absolute Gasteiger partial charge is 0.480 e. The number of nitrogen functional groups attached to an aromatic ring is 1. The maximum atomic E-state index is 10.0. The van der Waals surface area contributed by atoms with Gasteiger partial charge < -0.3 is 10.8 Å². The van der Waals surface area contributed by atoms with Crippen LogP contribution in [0.3, 0.4) is 0 Å². The average Bonchev–Trinajstić information content (AvgIpc) is 2.19. The molecule has 7 nitrogen and oxygen atoms in total. The number of aromatic nitrogens is 1. The molecule has 3 N–H and O–H groups in total. The van der Waals surface area contributed by atoms with E-state index >= 15 is 0 Å². The third-order valence-corrected chi connectivity index (χ3v) is 1.32. The molecule has 1 heterocycles. The maximum Gasteiger partial charge on any atom is 0.318 e. The molecule has 0 saturated heterocycles. The molecule has 0 atom stereocenters. The van der Waals surface area contributed by atoms with Gasteiger partial charge in [-0.2, -0.15) is 0 Å². The molecule has 1 aromatic rings. The highest BCUT2D eigenvalue weighted by Crippen LogP contribution is 2.08. The smallest absolute Gasteiger partial charge is 0.318 e. The summed E-state index contributed by atoms with van der Waals surface area (Å²) in [5.41, 5.74) is 5.15. The first-order chi connectivity index (χ1) is 6.97. The quantitative estimate of drug-likeness (QED) is 0.445. The lowest BCUT2D eigenvalue weighted by atomic mass is 10.4. The highest BCUT2D eigenvalue weighted by molar-refractivity contribution is 6.26. The normalized spacial score (nSPS) is 8.60. The van der Waals surface area contributed by atoms with Crippen molar-refractivity contribution >= 4 is 29.1 Å². The molecule has 0 aromatic carbocycles. The molecule has 8 heteroatoms. The number of halogens is 1. The lowest BCUT2D eigenvalue weighted by Gasteiger charge is -1.89. The van der Waals surface area contributed by atoms with Crippen LogP contribution in [-0.4, -0.2) is 26.9 Å². The highest BCUT2D eigenvalue weighted by Gasteiger charge is 2.02. The third-order valence-electron chi connectivity index (χ3n) is 1.10. The molecule has 0 saturated carbocycles. The number of rotatable bonds is 2. The summed E-state index contributed by atoms with van der Waals surface area (Å²) in [4.78, 5) is 22.3. The Bertz CT molecular complexity index is 341. The van der Waals surface area contributed by atoms with Crippen LogP contribution in [0.1, 0.15) is 0 Å². The van der Waals surface area contributed by atoms with Gasteiger partial charge in [0.2, 0.25) is 0 Å². The number of nitrogens with zero attached hydrogens (tertiary/aromatic N) is 2. The molecule has 0 spiro atoms. The van der Waals surface area contributed by atoms with Crippen molar-refractivity contribution in [2.24, 2.45) is 0 Å². The van der Waals surface area contributed by atoms with Gasteiger partial charge in [-0.25, -0.2) is 4.98 Å². The molecule has 0 aliphatic rings. The van der Waals surface area contributed by atoms with Crippen LogP contribution in [0.5, 0.6) is 0 Å². The number of anilines is 1. The van der Waals surface area contributed by atoms with E-state index in [0.717, 1.165) is 6.20 Å². The van der Waals surface area contributed by atoms with Crippen molar-refractivity contribution in [2.45, 2.75) is 0 Å². The second-order valence-electron chi connectivity index (χ2n) is 2.23. The van der Waals surface area contributed by atoms with Gasteiger partial charge in [-0.1, -0.05) is 0 Å². The number of carboxylic acids is 1. The van der Waals surface area contributed by atoms with Crippen LogP contribution in [0, 0.1) is 10.1 Å². The number of pyridine rings is 1. The molecule has 0 aliphatic heterocycles. The topological polar surface area (TPSA) is 119 Å². The molecule has 0 unspecified atom stereocenters. The molecule has 1 rings (SSSR count). The van der Waals surface area contributed by atoms with E-state index in [1.54, 1.807) is 0 Å². The first-order valence-electron chi connectivity index (χ1n) is 3.61. The number of nitro groups is 1. The Kier molecular flexibility index (Phi) is 5.72. The van der Waals surface area contributed by atoms with Crippen LogP contribution in [-0.2, 0) is 4.79 Å². The lowest BCUT2D eigenvalue weighted by Crippen LogP contribution is -1.92. The summed E-state index contributed by atoms with van der Waals surface area (Å²) in [6.07, 6.45) is 1.12. The van der Waals surface area contributed by atoms with Gasteiger partial charge in [0.25, 0.3) is 5.69 Å². The van der Waals surface area contributed by atoms with E-state index in [4.69, 9.17) is 22.4 Å². The van der Waals surface area contributed by atoms with Gasteiger partial charge in [-0.05, 0) is 6.07 Å². The van der Waals surface area contributed by atoms with Crippen LogP contribution >= 0.6 is 11.6 Å². The van der Waals surface area contributed by atoms with E-state index in [0.29, 0.717) is 0 Å². The van der Waals surface area contributed by atoms with Gasteiger partial charge in [0.1, 0.15) is 17.9 Å². The predicted octanol–water partition coefficient (Wildman–Crippen LogP) is 0.882. The van der Waals surface area contributed by atoms with Crippen molar-refractivity contribution in [3.63, 3.8) is 0 Å². The Hall–Kier alpha value is -1.89. The van der Waals surface area contributed by atoms with Crippen LogP contribution < -0.4 is 5.73 Å². The fourth-order valence-corrected chi connectivity index (χ4v) is 0.505. The summed E-state index contributed by atoms with van der Waals surface area (Å²) in [5.74, 6) is -1.00. The Morgan fingerprint density at radius 1 is 1.67 bits per heavy atom. The summed E-state index contributed by atoms with van der Waals surface area (Å²) in [7, 11) is 0. The van der Waals surface area contributed by atoms with Crippen molar-refractivity contribution < 1.29 is 14.8 Å². The van der Waals surface area contributed by atoms with Crippen molar-refractivity contribution in [2.75, 3.05) is 11.6 Å². The Balaban J connectivity index is 0.000000336. The van der Waals surface area contributed by atoms with Crippen molar-refractivity contribution in [3.8, 4) is 0 Å². The molecular formula is C7H8ClN3O4. The molecule has 0 fully saturated rings. The minimum atomic E-state index is -0.980. The zero-order valence-corrected chi connectivity index (χ0v) is 8.22. The summed E-state index contributed by atoms with van der Waals surface area (Å²) in [5, 5.41) is 17.6. The summed E-state index contributed by atoms with van der Waals surface area (Å²) in [6.45, 7) is 0. The monoisotopic (exact) mass is 233 g/mol. The Labute approximate surface area is 89.6 Å². The zero-order valence-electron chi connectivity index (χ0n) is 7.46. The lowest BCUT2D eigenvalue weighted by molar-refractivity contribution is -0.385.